The second-order valence-electron chi connectivity index (χ2n) is 7.83. The van der Waals surface area contributed by atoms with Gasteiger partial charge in [0.2, 0.25) is 0 Å². The number of nitrogens with one attached hydrogen (secondary N) is 1. The monoisotopic (exact) mass is 438 g/mol. The van der Waals surface area contributed by atoms with Crippen LogP contribution in [0.15, 0.2) is 42.5 Å². The molecular weight excluding hydrogens is 407 g/mol. The molecule has 0 amide bonds. The molecule has 0 aliphatic carbocycles. The van der Waals surface area contributed by atoms with Crippen LogP contribution in [0.1, 0.15) is 29.5 Å². The number of nitrogens with zero attached hydrogens (tertiary/aromatic N) is 1. The standard InChI is InChI=1S/C23H30N2O2.2ClH/c1-17-5-3-4-6-20(17)16-27-22-8-7-18(13-23(22)26-2)14-24-21-15-25-11-9-19(21)10-12-25;;/h3-8,13,19,21,24H,9-12,14-16H2,1-2H3;2*1H. The van der Waals surface area contributed by atoms with Gasteiger partial charge in [-0.05, 0) is 67.6 Å². The van der Waals surface area contributed by atoms with Gasteiger partial charge < -0.3 is 19.7 Å². The predicted octanol–water partition coefficient (Wildman–Crippen LogP) is 4.61. The largest absolute Gasteiger partial charge is 0.493 e. The molecule has 3 fully saturated rings. The number of ether oxygens (including phenoxy) is 2. The normalized spacial score (nSPS) is 22.3. The van der Waals surface area contributed by atoms with E-state index in [0.29, 0.717) is 12.6 Å². The lowest BCUT2D eigenvalue weighted by molar-refractivity contribution is 0.0720. The van der Waals surface area contributed by atoms with E-state index < -0.39 is 0 Å². The van der Waals surface area contributed by atoms with E-state index in [4.69, 9.17) is 9.47 Å². The van der Waals surface area contributed by atoms with Gasteiger partial charge in [-0.25, -0.2) is 0 Å². The third-order valence-corrected chi connectivity index (χ3v) is 6.10. The highest BCUT2D eigenvalue weighted by molar-refractivity contribution is 5.85. The van der Waals surface area contributed by atoms with Crippen molar-refractivity contribution < 1.29 is 9.47 Å². The molecular formula is C23H32Cl2N2O2. The van der Waals surface area contributed by atoms with E-state index in [1.165, 1.54) is 49.2 Å². The Bertz CT molecular complexity index is 779. The van der Waals surface area contributed by atoms with Crippen molar-refractivity contribution in [3.63, 3.8) is 0 Å². The number of aryl methyl sites for hydroxylation is 1. The SMILES string of the molecule is COc1cc(CNC2CN3CCC2CC3)ccc1OCc1ccccc1C.Cl.Cl. The van der Waals surface area contributed by atoms with Gasteiger partial charge in [0.05, 0.1) is 7.11 Å². The van der Waals surface area contributed by atoms with Crippen LogP contribution in [0.25, 0.3) is 0 Å². The van der Waals surface area contributed by atoms with E-state index in [1.54, 1.807) is 7.11 Å². The van der Waals surface area contributed by atoms with Crippen molar-refractivity contribution in [3.8, 4) is 11.5 Å². The van der Waals surface area contributed by atoms with Crippen molar-refractivity contribution in [3.05, 3.63) is 59.2 Å². The van der Waals surface area contributed by atoms with E-state index in [1.807, 2.05) is 12.1 Å². The maximum atomic E-state index is 6.03. The first-order chi connectivity index (χ1) is 13.2. The summed E-state index contributed by atoms with van der Waals surface area (Å²) in [5, 5.41) is 3.77. The van der Waals surface area contributed by atoms with E-state index in [0.717, 1.165) is 24.0 Å². The molecule has 2 aromatic carbocycles. The van der Waals surface area contributed by atoms with Crippen LogP contribution in [-0.4, -0.2) is 37.7 Å². The third-order valence-electron chi connectivity index (χ3n) is 6.10. The Morgan fingerprint density at radius 2 is 1.79 bits per heavy atom. The number of rotatable bonds is 7. The number of hydrogen-bond donors (Lipinski definition) is 1. The number of benzene rings is 2. The summed E-state index contributed by atoms with van der Waals surface area (Å²) in [6, 6.07) is 15.2. The molecule has 3 saturated heterocycles. The number of methoxy groups -OCH3 is 1. The number of halogens is 2. The van der Waals surface area contributed by atoms with Crippen LogP contribution < -0.4 is 14.8 Å². The summed E-state index contributed by atoms with van der Waals surface area (Å²) in [6.07, 6.45) is 2.68. The molecule has 160 valence electrons. The molecule has 2 aromatic rings. The molecule has 5 rings (SSSR count). The minimum atomic E-state index is 0. The van der Waals surface area contributed by atoms with Crippen LogP contribution in [0.5, 0.6) is 11.5 Å². The van der Waals surface area contributed by atoms with Crippen LogP contribution in [0.2, 0.25) is 0 Å². The van der Waals surface area contributed by atoms with Crippen molar-refractivity contribution in [1.82, 2.24) is 10.2 Å². The average molecular weight is 439 g/mol. The number of piperidine rings is 3. The minimum Gasteiger partial charge on any atom is -0.493 e. The first-order valence-electron chi connectivity index (χ1n) is 10.0. The molecule has 29 heavy (non-hydrogen) atoms. The summed E-state index contributed by atoms with van der Waals surface area (Å²) < 4.78 is 11.6. The fourth-order valence-corrected chi connectivity index (χ4v) is 4.31. The lowest BCUT2D eigenvalue weighted by Crippen LogP contribution is -2.55. The zero-order valence-corrected chi connectivity index (χ0v) is 18.9. The van der Waals surface area contributed by atoms with Crippen molar-refractivity contribution in [2.75, 3.05) is 26.7 Å². The molecule has 3 heterocycles. The molecule has 3 aliphatic heterocycles. The van der Waals surface area contributed by atoms with Gasteiger partial charge in [-0.3, -0.25) is 0 Å². The van der Waals surface area contributed by atoms with E-state index >= 15 is 0 Å². The highest BCUT2D eigenvalue weighted by Crippen LogP contribution is 2.30. The van der Waals surface area contributed by atoms with Gasteiger partial charge in [-0.2, -0.15) is 0 Å². The summed E-state index contributed by atoms with van der Waals surface area (Å²) >= 11 is 0. The molecule has 1 N–H and O–H groups in total. The number of hydrogen-bond acceptors (Lipinski definition) is 4. The number of fused-ring (bicyclic) bond motifs is 3. The Hall–Kier alpha value is -1.46. The van der Waals surface area contributed by atoms with E-state index in [2.05, 4.69) is 47.5 Å². The lowest BCUT2D eigenvalue weighted by atomic mass is 9.84. The second kappa shape index (κ2) is 11.1. The van der Waals surface area contributed by atoms with Crippen LogP contribution in [-0.2, 0) is 13.2 Å². The van der Waals surface area contributed by atoms with Gasteiger partial charge in [0.1, 0.15) is 6.61 Å². The average Bonchev–Trinajstić information content (AvgIpc) is 2.73. The Morgan fingerprint density at radius 3 is 2.45 bits per heavy atom. The maximum Gasteiger partial charge on any atom is 0.161 e. The highest BCUT2D eigenvalue weighted by atomic mass is 35.5. The fourth-order valence-electron chi connectivity index (χ4n) is 4.31. The summed E-state index contributed by atoms with van der Waals surface area (Å²) in [6.45, 7) is 7.30. The van der Waals surface area contributed by atoms with Crippen molar-refractivity contribution in [2.45, 2.75) is 39.0 Å². The van der Waals surface area contributed by atoms with Crippen molar-refractivity contribution >= 4 is 24.8 Å². The molecule has 1 unspecified atom stereocenters. The van der Waals surface area contributed by atoms with Gasteiger partial charge in [-0.15, -0.1) is 24.8 Å². The van der Waals surface area contributed by atoms with Gasteiger partial charge in [0.15, 0.2) is 11.5 Å². The molecule has 6 heteroatoms. The summed E-state index contributed by atoms with van der Waals surface area (Å²) in [7, 11) is 1.71. The second-order valence-corrected chi connectivity index (χ2v) is 7.83. The minimum absolute atomic E-state index is 0. The Morgan fingerprint density at radius 1 is 1.03 bits per heavy atom. The van der Waals surface area contributed by atoms with E-state index in [-0.39, 0.29) is 24.8 Å². The molecule has 0 spiro atoms. The smallest absolute Gasteiger partial charge is 0.161 e. The quantitative estimate of drug-likeness (QED) is 0.683. The van der Waals surface area contributed by atoms with Gasteiger partial charge in [0, 0.05) is 19.1 Å². The lowest BCUT2D eigenvalue weighted by Gasteiger charge is -2.45. The summed E-state index contributed by atoms with van der Waals surface area (Å²) in [5.74, 6) is 2.44. The molecule has 0 radical (unpaired) electrons. The fraction of sp³-hybridized carbons (Fsp3) is 0.478. The van der Waals surface area contributed by atoms with Gasteiger partial charge >= 0.3 is 0 Å². The Kier molecular flexibility index (Phi) is 9.09. The van der Waals surface area contributed by atoms with Crippen LogP contribution in [0.4, 0.5) is 0 Å². The Balaban J connectivity index is 0.00000150. The van der Waals surface area contributed by atoms with Gasteiger partial charge in [-0.1, -0.05) is 30.3 Å². The zero-order chi connectivity index (χ0) is 18.6. The molecule has 2 bridgehead atoms. The summed E-state index contributed by atoms with van der Waals surface area (Å²) in [4.78, 5) is 2.58. The zero-order valence-electron chi connectivity index (χ0n) is 17.2. The third kappa shape index (κ3) is 5.79. The molecule has 0 aromatic heterocycles. The first kappa shape index (κ1) is 23.8. The highest BCUT2D eigenvalue weighted by Gasteiger charge is 2.33. The Labute approximate surface area is 186 Å². The first-order valence-corrected chi connectivity index (χ1v) is 10.0. The van der Waals surface area contributed by atoms with Crippen molar-refractivity contribution in [2.24, 2.45) is 5.92 Å². The topological polar surface area (TPSA) is 33.7 Å². The van der Waals surface area contributed by atoms with Crippen LogP contribution in [0, 0.1) is 12.8 Å². The van der Waals surface area contributed by atoms with Crippen LogP contribution >= 0.6 is 24.8 Å². The van der Waals surface area contributed by atoms with Crippen LogP contribution in [0.3, 0.4) is 0 Å². The maximum absolute atomic E-state index is 6.03. The van der Waals surface area contributed by atoms with Crippen molar-refractivity contribution in [1.29, 1.82) is 0 Å². The molecule has 3 aliphatic rings. The van der Waals surface area contributed by atoms with E-state index in [9.17, 15) is 0 Å². The van der Waals surface area contributed by atoms with Gasteiger partial charge in [0.25, 0.3) is 0 Å². The predicted molar refractivity (Wildman–Crippen MR) is 123 cm³/mol. The summed E-state index contributed by atoms with van der Waals surface area (Å²) in [5.41, 5.74) is 3.69. The molecule has 0 saturated carbocycles. The molecule has 4 nitrogen and oxygen atoms in total. The molecule has 1 atom stereocenters.